The molecule has 0 saturated carbocycles. The molecule has 3 nitrogen and oxygen atoms in total. The summed E-state index contributed by atoms with van der Waals surface area (Å²) >= 11 is 1.84. The molecular formula is C57H33N3S. The second kappa shape index (κ2) is 13.4. The molecule has 61 heavy (non-hydrogen) atoms. The highest BCUT2D eigenvalue weighted by atomic mass is 32.1. The summed E-state index contributed by atoms with van der Waals surface area (Å²) in [5.74, 6) is 0. The Morgan fingerprint density at radius 1 is 0.311 bits per heavy atom. The zero-order chi connectivity index (χ0) is 40.0. The molecule has 4 aromatic heterocycles. The summed E-state index contributed by atoms with van der Waals surface area (Å²) < 4.78 is 2.47. The van der Waals surface area contributed by atoms with Gasteiger partial charge in [0.2, 0.25) is 0 Å². The van der Waals surface area contributed by atoms with Crippen LogP contribution in [0.2, 0.25) is 0 Å². The first kappa shape index (κ1) is 34.1. The quantitative estimate of drug-likeness (QED) is 0.167. The Morgan fingerprint density at radius 2 is 0.852 bits per heavy atom. The molecule has 9 aromatic carbocycles. The third-order valence-electron chi connectivity index (χ3n) is 12.4. The van der Waals surface area contributed by atoms with Gasteiger partial charge in [-0.05, 0) is 68.2 Å². The largest absolute Gasteiger partial charge is 0.246 e. The van der Waals surface area contributed by atoms with Crippen LogP contribution >= 0.6 is 11.3 Å². The second-order valence-corrected chi connectivity index (χ2v) is 16.9. The van der Waals surface area contributed by atoms with Crippen molar-refractivity contribution in [3.8, 4) is 44.9 Å². The standard InChI is InChI=1S/C57H33N3S/c1-2-12-34(13-3-1)49-30-27-35-24-25-36-28-31-50(59-54(36)53(35)58-49)38-15-10-14-37(32-38)40-21-11-22-47-52-46-20-8-9-23-51(46)61-57(52)55(60-56(40)47)39-26-29-45-43-18-5-4-16-41(43)42-17-6-7-19-44(42)48(45)33-39/h1-33H. The minimum atomic E-state index is 0.901. The molecule has 0 bridgehead atoms. The molecule has 0 saturated heterocycles. The van der Waals surface area contributed by atoms with Gasteiger partial charge in [0.1, 0.15) is 0 Å². The fraction of sp³-hybridized carbons (Fsp3) is 0. The van der Waals surface area contributed by atoms with Crippen LogP contribution in [0.1, 0.15) is 0 Å². The third-order valence-corrected chi connectivity index (χ3v) is 13.6. The summed E-state index contributed by atoms with van der Waals surface area (Å²) in [6, 6.07) is 71.9. The number of fused-ring (bicyclic) bond motifs is 14. The number of pyridine rings is 3. The molecule has 0 aliphatic rings. The summed E-state index contributed by atoms with van der Waals surface area (Å²) in [6.45, 7) is 0. The molecule has 13 rings (SSSR count). The fourth-order valence-corrected chi connectivity index (χ4v) is 10.8. The van der Waals surface area contributed by atoms with Crippen LogP contribution in [0, 0.1) is 0 Å². The maximum atomic E-state index is 5.69. The lowest BCUT2D eigenvalue weighted by atomic mass is 9.92. The number of aromatic nitrogens is 3. The lowest BCUT2D eigenvalue weighted by Crippen LogP contribution is -1.93. The zero-order valence-electron chi connectivity index (χ0n) is 32.8. The van der Waals surface area contributed by atoms with Gasteiger partial charge in [-0.2, -0.15) is 0 Å². The number of para-hydroxylation sites is 1. The SMILES string of the molecule is c1ccc(-c2ccc3ccc4ccc(-c5cccc(-c6cccc7c6nc(-c6ccc8c9ccccc9c9ccccc9c8c6)c6sc8ccccc8c67)c5)nc4c3n2)cc1. The molecule has 282 valence electrons. The van der Waals surface area contributed by atoms with Crippen LogP contribution < -0.4 is 0 Å². The summed E-state index contributed by atoms with van der Waals surface area (Å²) in [4.78, 5) is 16.2. The van der Waals surface area contributed by atoms with Crippen molar-refractivity contribution in [3.05, 3.63) is 200 Å². The van der Waals surface area contributed by atoms with Crippen LogP contribution in [0.25, 0.3) is 130 Å². The number of hydrogen-bond acceptors (Lipinski definition) is 4. The first-order chi connectivity index (χ1) is 30.2. The first-order valence-electron chi connectivity index (χ1n) is 20.7. The average Bonchev–Trinajstić information content (AvgIpc) is 3.73. The number of rotatable bonds is 4. The van der Waals surface area contributed by atoms with Gasteiger partial charge in [0.15, 0.2) is 0 Å². The molecule has 4 heteroatoms. The van der Waals surface area contributed by atoms with Gasteiger partial charge in [0.05, 0.1) is 38.3 Å². The maximum Gasteiger partial charge on any atom is 0.0972 e. The van der Waals surface area contributed by atoms with E-state index < -0.39 is 0 Å². The Bertz CT molecular complexity index is 3910. The van der Waals surface area contributed by atoms with Crippen molar-refractivity contribution in [1.82, 2.24) is 15.0 Å². The van der Waals surface area contributed by atoms with Crippen molar-refractivity contribution in [2.24, 2.45) is 0 Å². The van der Waals surface area contributed by atoms with Gasteiger partial charge < -0.3 is 0 Å². The predicted octanol–water partition coefficient (Wildman–Crippen LogP) is 15.8. The van der Waals surface area contributed by atoms with Crippen LogP contribution in [0.4, 0.5) is 0 Å². The van der Waals surface area contributed by atoms with E-state index in [0.717, 1.165) is 77.6 Å². The Morgan fingerprint density at radius 3 is 1.57 bits per heavy atom. The summed E-state index contributed by atoms with van der Waals surface area (Å²) in [5.41, 5.74) is 11.1. The molecule has 0 atom stereocenters. The summed E-state index contributed by atoms with van der Waals surface area (Å²) in [5, 5.41) is 13.4. The fourth-order valence-electron chi connectivity index (χ4n) is 9.54. The topological polar surface area (TPSA) is 38.7 Å². The lowest BCUT2D eigenvalue weighted by Gasteiger charge is -2.14. The van der Waals surface area contributed by atoms with Crippen LogP contribution in [0.3, 0.4) is 0 Å². The molecule has 4 heterocycles. The molecule has 0 spiro atoms. The van der Waals surface area contributed by atoms with Crippen molar-refractivity contribution in [2.75, 3.05) is 0 Å². The van der Waals surface area contributed by atoms with Crippen LogP contribution in [0.5, 0.6) is 0 Å². The van der Waals surface area contributed by atoms with E-state index in [2.05, 4.69) is 194 Å². The zero-order valence-corrected chi connectivity index (χ0v) is 33.6. The third kappa shape index (κ3) is 5.33. The van der Waals surface area contributed by atoms with Crippen LogP contribution in [-0.4, -0.2) is 15.0 Å². The lowest BCUT2D eigenvalue weighted by molar-refractivity contribution is 1.36. The Kier molecular flexibility index (Phi) is 7.47. The number of nitrogens with zero attached hydrogens (tertiary/aromatic N) is 3. The normalized spacial score (nSPS) is 11.9. The van der Waals surface area contributed by atoms with Crippen molar-refractivity contribution in [1.29, 1.82) is 0 Å². The molecule has 0 aliphatic heterocycles. The van der Waals surface area contributed by atoms with E-state index in [-0.39, 0.29) is 0 Å². The monoisotopic (exact) mass is 791 g/mol. The van der Waals surface area contributed by atoms with E-state index in [1.54, 1.807) is 0 Å². The molecule has 0 radical (unpaired) electrons. The van der Waals surface area contributed by atoms with Gasteiger partial charge in [0, 0.05) is 53.9 Å². The highest BCUT2D eigenvalue weighted by molar-refractivity contribution is 7.26. The average molecular weight is 792 g/mol. The summed E-state index contributed by atoms with van der Waals surface area (Å²) in [6.07, 6.45) is 0. The van der Waals surface area contributed by atoms with E-state index >= 15 is 0 Å². The molecule has 0 amide bonds. The molecule has 0 fully saturated rings. The van der Waals surface area contributed by atoms with Crippen molar-refractivity contribution >= 4 is 96.5 Å². The molecule has 13 aromatic rings. The molecule has 0 unspecified atom stereocenters. The van der Waals surface area contributed by atoms with E-state index in [4.69, 9.17) is 15.0 Å². The van der Waals surface area contributed by atoms with Gasteiger partial charge in [0.25, 0.3) is 0 Å². The van der Waals surface area contributed by atoms with Crippen LogP contribution in [0.15, 0.2) is 200 Å². The minimum Gasteiger partial charge on any atom is -0.246 e. The molecular weight excluding hydrogens is 759 g/mol. The Balaban J connectivity index is 1.01. The number of hydrogen-bond donors (Lipinski definition) is 0. The molecule has 0 aliphatic carbocycles. The second-order valence-electron chi connectivity index (χ2n) is 15.9. The van der Waals surface area contributed by atoms with Gasteiger partial charge in [-0.15, -0.1) is 11.3 Å². The van der Waals surface area contributed by atoms with Crippen molar-refractivity contribution < 1.29 is 0 Å². The minimum absolute atomic E-state index is 0.901. The smallest absolute Gasteiger partial charge is 0.0972 e. The van der Waals surface area contributed by atoms with E-state index in [9.17, 15) is 0 Å². The van der Waals surface area contributed by atoms with Gasteiger partial charge in [-0.1, -0.05) is 170 Å². The van der Waals surface area contributed by atoms with Gasteiger partial charge in [-0.3, -0.25) is 0 Å². The number of thiophene rings is 1. The van der Waals surface area contributed by atoms with Crippen LogP contribution in [-0.2, 0) is 0 Å². The first-order valence-corrected chi connectivity index (χ1v) is 21.5. The van der Waals surface area contributed by atoms with Gasteiger partial charge >= 0.3 is 0 Å². The number of benzene rings is 9. The highest BCUT2D eigenvalue weighted by Gasteiger charge is 2.20. The summed E-state index contributed by atoms with van der Waals surface area (Å²) in [7, 11) is 0. The predicted molar refractivity (Wildman–Crippen MR) is 259 cm³/mol. The Hall–Kier alpha value is -7.79. The van der Waals surface area contributed by atoms with Crippen molar-refractivity contribution in [2.45, 2.75) is 0 Å². The Labute approximate surface area is 354 Å². The maximum absolute atomic E-state index is 5.69. The van der Waals surface area contributed by atoms with Gasteiger partial charge in [-0.25, -0.2) is 15.0 Å². The van der Waals surface area contributed by atoms with E-state index in [1.807, 2.05) is 17.4 Å². The van der Waals surface area contributed by atoms with E-state index in [0.29, 0.717) is 0 Å². The van der Waals surface area contributed by atoms with E-state index in [1.165, 1.54) is 52.5 Å². The van der Waals surface area contributed by atoms with Crippen molar-refractivity contribution in [3.63, 3.8) is 0 Å². The highest BCUT2D eigenvalue weighted by Crippen LogP contribution is 2.46. The molecule has 0 N–H and O–H groups in total.